The Kier molecular flexibility index (Phi) is 7.78. The summed E-state index contributed by atoms with van der Waals surface area (Å²) in [5.74, 6) is 0.645. The lowest BCUT2D eigenvalue weighted by molar-refractivity contribution is -0.141. The summed E-state index contributed by atoms with van der Waals surface area (Å²) in [5, 5.41) is 3.19. The van der Waals surface area contributed by atoms with Crippen molar-refractivity contribution < 1.29 is 27.4 Å². The van der Waals surface area contributed by atoms with E-state index < -0.39 is 23.6 Å². The lowest BCUT2D eigenvalue weighted by Gasteiger charge is -2.31. The number of carbonyl (C=O) groups excluding carboxylic acids is 1. The molecule has 12 heteroatoms. The van der Waals surface area contributed by atoms with Gasteiger partial charge in [0.1, 0.15) is 24.2 Å². The van der Waals surface area contributed by atoms with Crippen molar-refractivity contribution in [2.24, 2.45) is 0 Å². The van der Waals surface area contributed by atoms with Crippen LogP contribution in [0.4, 0.5) is 29.7 Å². The highest BCUT2D eigenvalue weighted by Gasteiger charge is 2.40. The van der Waals surface area contributed by atoms with Crippen LogP contribution in [-0.4, -0.2) is 50.4 Å². The number of nitrogens with zero attached hydrogens (tertiary/aromatic N) is 5. The molecule has 39 heavy (non-hydrogen) atoms. The average Bonchev–Trinajstić information content (AvgIpc) is 3.24. The SMILES string of the molecule is Cc1cc(-c2ccnc(C(F)(F)F)c2)cnc1[C@H](C)Nc1nccc(N2C(=O)OC[C@@H]2[C@@H](C)OC(C)(C)C)n1. The van der Waals surface area contributed by atoms with Crippen molar-refractivity contribution in [1.29, 1.82) is 0 Å². The van der Waals surface area contributed by atoms with Gasteiger partial charge in [-0.15, -0.1) is 0 Å². The molecule has 0 aromatic carbocycles. The summed E-state index contributed by atoms with van der Waals surface area (Å²) in [6.07, 6.45) is -1.16. The Balaban J connectivity index is 1.52. The van der Waals surface area contributed by atoms with Crippen molar-refractivity contribution in [1.82, 2.24) is 19.9 Å². The average molecular weight is 545 g/mol. The van der Waals surface area contributed by atoms with Crippen LogP contribution in [0.25, 0.3) is 11.1 Å². The highest BCUT2D eigenvalue weighted by atomic mass is 19.4. The number of anilines is 2. The molecule has 0 bridgehead atoms. The number of hydrogen-bond donors (Lipinski definition) is 1. The third-order valence-electron chi connectivity index (χ3n) is 6.13. The topological polar surface area (TPSA) is 102 Å². The van der Waals surface area contributed by atoms with E-state index in [1.807, 2.05) is 41.5 Å². The van der Waals surface area contributed by atoms with Gasteiger partial charge in [0.15, 0.2) is 0 Å². The number of halogens is 3. The molecule has 0 saturated carbocycles. The number of pyridine rings is 2. The van der Waals surface area contributed by atoms with Crippen LogP contribution in [0, 0.1) is 6.92 Å². The Hall–Kier alpha value is -3.80. The summed E-state index contributed by atoms with van der Waals surface area (Å²) in [6.45, 7) is 11.6. The molecule has 1 fully saturated rings. The third-order valence-corrected chi connectivity index (χ3v) is 6.13. The molecule has 3 aromatic rings. The van der Waals surface area contributed by atoms with E-state index in [4.69, 9.17) is 9.47 Å². The molecule has 3 aromatic heterocycles. The number of hydrogen-bond acceptors (Lipinski definition) is 8. The second-order valence-electron chi connectivity index (χ2n) is 10.4. The summed E-state index contributed by atoms with van der Waals surface area (Å²) >= 11 is 0. The number of alkyl halides is 3. The molecular formula is C27H31F3N6O3. The van der Waals surface area contributed by atoms with E-state index in [9.17, 15) is 18.0 Å². The molecule has 9 nitrogen and oxygen atoms in total. The molecule has 0 radical (unpaired) electrons. The molecule has 1 N–H and O–H groups in total. The Bertz CT molecular complexity index is 1340. The van der Waals surface area contributed by atoms with Crippen LogP contribution in [-0.2, 0) is 15.7 Å². The number of rotatable bonds is 7. The summed E-state index contributed by atoms with van der Waals surface area (Å²) in [4.78, 5) is 30.8. The van der Waals surface area contributed by atoms with Crippen molar-refractivity contribution in [3.63, 3.8) is 0 Å². The van der Waals surface area contributed by atoms with Gasteiger partial charge in [-0.2, -0.15) is 18.2 Å². The maximum Gasteiger partial charge on any atom is 0.433 e. The molecule has 0 unspecified atom stereocenters. The Labute approximate surface area is 224 Å². The lowest BCUT2D eigenvalue weighted by Crippen LogP contribution is -2.45. The second kappa shape index (κ2) is 10.8. The Morgan fingerprint density at radius 1 is 1.08 bits per heavy atom. The number of nitrogens with one attached hydrogen (secondary N) is 1. The number of carbonyl (C=O) groups is 1. The van der Waals surface area contributed by atoms with E-state index >= 15 is 0 Å². The fraction of sp³-hybridized carbons (Fsp3) is 0.444. The predicted molar refractivity (Wildman–Crippen MR) is 139 cm³/mol. The molecule has 1 saturated heterocycles. The number of cyclic esters (lactones) is 1. The van der Waals surface area contributed by atoms with E-state index in [0.29, 0.717) is 22.6 Å². The monoisotopic (exact) mass is 544 g/mol. The Morgan fingerprint density at radius 3 is 2.46 bits per heavy atom. The molecule has 3 atom stereocenters. The summed E-state index contributed by atoms with van der Waals surface area (Å²) in [6, 6.07) is 5.20. The highest BCUT2D eigenvalue weighted by molar-refractivity contribution is 5.89. The minimum Gasteiger partial charge on any atom is -0.447 e. The van der Waals surface area contributed by atoms with Crippen LogP contribution in [0.3, 0.4) is 0 Å². The number of aromatic nitrogens is 4. The van der Waals surface area contributed by atoms with Crippen LogP contribution in [0.15, 0.2) is 42.9 Å². The molecule has 1 aliphatic heterocycles. The smallest absolute Gasteiger partial charge is 0.433 e. The van der Waals surface area contributed by atoms with Crippen molar-refractivity contribution >= 4 is 17.9 Å². The van der Waals surface area contributed by atoms with Gasteiger partial charge >= 0.3 is 12.3 Å². The largest absolute Gasteiger partial charge is 0.447 e. The van der Waals surface area contributed by atoms with Crippen molar-refractivity contribution in [2.45, 2.75) is 71.5 Å². The Morgan fingerprint density at radius 2 is 1.79 bits per heavy atom. The predicted octanol–water partition coefficient (Wildman–Crippen LogP) is 5.96. The van der Waals surface area contributed by atoms with Gasteiger partial charge in [0.2, 0.25) is 5.95 Å². The number of aryl methyl sites for hydroxylation is 1. The first-order chi connectivity index (χ1) is 18.2. The van der Waals surface area contributed by atoms with E-state index in [1.54, 1.807) is 18.3 Å². The maximum atomic E-state index is 13.1. The zero-order valence-corrected chi connectivity index (χ0v) is 22.6. The number of amides is 1. The minimum atomic E-state index is -4.53. The van der Waals surface area contributed by atoms with Crippen molar-refractivity contribution in [3.05, 3.63) is 59.8 Å². The van der Waals surface area contributed by atoms with Crippen molar-refractivity contribution in [2.75, 3.05) is 16.8 Å². The number of ether oxygens (including phenoxy) is 2. The molecule has 208 valence electrons. The van der Waals surface area contributed by atoms with E-state index in [-0.39, 0.29) is 30.7 Å². The van der Waals surface area contributed by atoms with Crippen LogP contribution in [0.5, 0.6) is 0 Å². The van der Waals surface area contributed by atoms with Crippen molar-refractivity contribution in [3.8, 4) is 11.1 Å². The second-order valence-corrected chi connectivity index (χ2v) is 10.4. The van der Waals surface area contributed by atoms with E-state index in [0.717, 1.165) is 17.8 Å². The van der Waals surface area contributed by atoms with Gasteiger partial charge in [0.05, 0.1) is 23.4 Å². The van der Waals surface area contributed by atoms with Crippen LogP contribution >= 0.6 is 0 Å². The van der Waals surface area contributed by atoms with Gasteiger partial charge in [0, 0.05) is 24.2 Å². The molecule has 1 aliphatic rings. The quantitative estimate of drug-likeness (QED) is 0.389. The van der Waals surface area contributed by atoms with Crippen LogP contribution < -0.4 is 10.2 Å². The first-order valence-corrected chi connectivity index (χ1v) is 12.5. The first kappa shape index (κ1) is 28.2. The van der Waals surface area contributed by atoms with E-state index in [2.05, 4.69) is 25.3 Å². The molecular weight excluding hydrogens is 513 g/mol. The fourth-order valence-corrected chi connectivity index (χ4v) is 4.46. The van der Waals surface area contributed by atoms with Gasteiger partial charge in [-0.1, -0.05) is 0 Å². The van der Waals surface area contributed by atoms with Crippen LogP contribution in [0.2, 0.25) is 0 Å². The molecule has 4 rings (SSSR count). The summed E-state index contributed by atoms with van der Waals surface area (Å²) < 4.78 is 50.6. The van der Waals surface area contributed by atoms with E-state index in [1.165, 1.54) is 17.2 Å². The van der Waals surface area contributed by atoms with Gasteiger partial charge < -0.3 is 14.8 Å². The van der Waals surface area contributed by atoms with Gasteiger partial charge in [-0.3, -0.25) is 14.9 Å². The molecule has 4 heterocycles. The van der Waals surface area contributed by atoms with Gasteiger partial charge in [0.25, 0.3) is 0 Å². The zero-order valence-electron chi connectivity index (χ0n) is 22.6. The maximum absolute atomic E-state index is 13.1. The standard InChI is InChI=1S/C27H31F3N6O3/c1-15-11-19(18-7-9-31-21(12-18)27(28,29)30)13-33-23(15)16(2)34-24-32-10-8-22(35-24)36-20(14-38-25(36)37)17(3)39-26(4,5)6/h7-13,16-17,20H,14H2,1-6H3,(H,32,34,35)/t16-,17+,20+/m0/s1. The third kappa shape index (κ3) is 6.62. The fourth-order valence-electron chi connectivity index (χ4n) is 4.46. The lowest BCUT2D eigenvalue weighted by atomic mass is 10.0. The molecule has 0 aliphatic carbocycles. The molecule has 0 spiro atoms. The highest BCUT2D eigenvalue weighted by Crippen LogP contribution is 2.32. The van der Waals surface area contributed by atoms with Crippen LogP contribution in [0.1, 0.15) is 57.6 Å². The van der Waals surface area contributed by atoms with Gasteiger partial charge in [-0.05, 0) is 76.9 Å². The normalized spacial score (nSPS) is 17.6. The minimum absolute atomic E-state index is 0.177. The molecule has 1 amide bonds. The first-order valence-electron chi connectivity index (χ1n) is 12.5. The van der Waals surface area contributed by atoms with Gasteiger partial charge in [-0.25, -0.2) is 9.78 Å². The summed E-state index contributed by atoms with van der Waals surface area (Å²) in [7, 11) is 0. The zero-order chi connectivity index (χ0) is 28.5. The summed E-state index contributed by atoms with van der Waals surface area (Å²) in [5.41, 5.74) is 0.988.